The molecule has 0 unspecified atom stereocenters. The maximum Gasteiger partial charge on any atom is 0.0805 e. The predicted octanol–water partition coefficient (Wildman–Crippen LogP) is -1.09. The summed E-state index contributed by atoms with van der Waals surface area (Å²) in [5, 5.41) is 20.8. The molecule has 0 spiro atoms. The van der Waals surface area contributed by atoms with E-state index >= 15 is 0 Å². The van der Waals surface area contributed by atoms with Crippen LogP contribution in [0.1, 0.15) is 0 Å². The Morgan fingerprint density at radius 1 is 1.55 bits per heavy atom. The third kappa shape index (κ3) is 6.03. The van der Waals surface area contributed by atoms with E-state index in [4.69, 9.17) is 5.11 Å². The Hall–Kier alpha value is 0.827. The molecule has 11 heavy (non-hydrogen) atoms. The van der Waals surface area contributed by atoms with Gasteiger partial charge >= 0.3 is 0 Å². The number of nitrogens with one attached hydrogen (secondary N) is 1. The second-order valence-electron chi connectivity index (χ2n) is 2.10. The van der Waals surface area contributed by atoms with Gasteiger partial charge in [-0.15, -0.1) is 0 Å². The van der Waals surface area contributed by atoms with E-state index in [0.29, 0.717) is 5.75 Å². The quantitative estimate of drug-likeness (QED) is 0.461. The first-order chi connectivity index (χ1) is 4.76. The molecule has 0 aliphatic heterocycles. The van der Waals surface area contributed by atoms with Gasteiger partial charge in [-0.2, -0.15) is 11.8 Å². The van der Waals surface area contributed by atoms with Gasteiger partial charge in [0.15, 0.2) is 0 Å². The summed E-state index contributed by atoms with van der Waals surface area (Å²) in [5.74, 6) is 0.659. The van der Waals surface area contributed by atoms with Gasteiger partial charge in [0.2, 0.25) is 0 Å². The van der Waals surface area contributed by atoms with Crippen LogP contribution >= 0.6 is 11.8 Å². The number of thioether (sulfide) groups is 1. The van der Waals surface area contributed by atoms with Crippen molar-refractivity contribution in [2.45, 2.75) is 12.1 Å². The summed E-state index contributed by atoms with van der Waals surface area (Å²) in [6, 6.07) is -0.188. The first-order valence-corrected chi connectivity index (χ1v) is 4.60. The van der Waals surface area contributed by atoms with E-state index < -0.39 is 6.10 Å². The van der Waals surface area contributed by atoms with Crippen LogP contribution in [0.2, 0.25) is 0 Å². The van der Waals surface area contributed by atoms with Crippen molar-refractivity contribution in [1.29, 1.82) is 0 Å². The van der Waals surface area contributed by atoms with Gasteiger partial charge in [-0.25, -0.2) is 0 Å². The molecular formula is C6H15LiNO2S. The minimum Gasteiger partial charge on any atom is -0.395 e. The summed E-state index contributed by atoms with van der Waals surface area (Å²) in [6.45, 7) is -0.0156. The topological polar surface area (TPSA) is 52.5 Å². The Morgan fingerprint density at radius 2 is 2.09 bits per heavy atom. The summed E-state index contributed by atoms with van der Waals surface area (Å²) in [4.78, 5) is 0. The molecule has 1 radical (unpaired) electrons. The first-order valence-electron chi connectivity index (χ1n) is 3.21. The van der Waals surface area contributed by atoms with E-state index in [0.717, 1.165) is 0 Å². The molecule has 0 heterocycles. The molecule has 0 aliphatic carbocycles. The number of hydrogen-bond acceptors (Lipinski definition) is 4. The van der Waals surface area contributed by atoms with Crippen LogP contribution in [0.4, 0.5) is 0 Å². The summed E-state index contributed by atoms with van der Waals surface area (Å²) in [7, 11) is 1.73. The number of likely N-dealkylation sites (N-methyl/N-ethyl adjacent to an activating group) is 1. The number of aliphatic hydroxyl groups is 2. The van der Waals surface area contributed by atoms with Crippen molar-refractivity contribution in [3.8, 4) is 0 Å². The maximum atomic E-state index is 9.27. The Bertz CT molecular complexity index is 83.0. The fourth-order valence-electron chi connectivity index (χ4n) is 0.692. The average Bonchev–Trinajstić information content (AvgIpc) is 1.91. The van der Waals surface area contributed by atoms with E-state index in [2.05, 4.69) is 5.32 Å². The molecule has 0 saturated heterocycles. The molecule has 0 amide bonds. The molecule has 3 N–H and O–H groups in total. The van der Waals surface area contributed by atoms with Crippen molar-refractivity contribution in [3.63, 3.8) is 0 Å². The molecule has 0 aromatic carbocycles. The molecule has 63 valence electrons. The molecule has 0 aromatic heterocycles. The van der Waals surface area contributed by atoms with Gasteiger partial charge in [-0.3, -0.25) is 0 Å². The monoisotopic (exact) mass is 172 g/mol. The number of aliphatic hydroxyl groups excluding tert-OH is 2. The Labute approximate surface area is 84.1 Å². The van der Waals surface area contributed by atoms with Crippen molar-refractivity contribution < 1.29 is 10.2 Å². The minimum atomic E-state index is -0.454. The zero-order chi connectivity index (χ0) is 7.98. The van der Waals surface area contributed by atoms with E-state index in [9.17, 15) is 5.11 Å². The van der Waals surface area contributed by atoms with Crippen molar-refractivity contribution in [3.05, 3.63) is 0 Å². The minimum absolute atomic E-state index is 0. The van der Waals surface area contributed by atoms with E-state index in [1.54, 1.807) is 18.8 Å². The molecular weight excluding hydrogens is 157 g/mol. The largest absolute Gasteiger partial charge is 0.395 e. The van der Waals surface area contributed by atoms with Crippen LogP contribution in [0.5, 0.6) is 0 Å². The van der Waals surface area contributed by atoms with Gasteiger partial charge < -0.3 is 15.5 Å². The van der Waals surface area contributed by atoms with Crippen LogP contribution in [-0.2, 0) is 0 Å². The molecule has 0 saturated carbocycles. The Morgan fingerprint density at radius 3 is 2.36 bits per heavy atom. The normalized spacial score (nSPS) is 15.3. The van der Waals surface area contributed by atoms with Crippen LogP contribution in [0.15, 0.2) is 0 Å². The predicted molar refractivity (Wildman–Crippen MR) is 50.1 cm³/mol. The fraction of sp³-hybridized carbons (Fsp3) is 1.00. The van der Waals surface area contributed by atoms with Gasteiger partial charge in [-0.05, 0) is 13.3 Å². The van der Waals surface area contributed by atoms with E-state index in [-0.39, 0.29) is 31.5 Å². The van der Waals surface area contributed by atoms with Gasteiger partial charge in [0.05, 0.1) is 18.8 Å². The zero-order valence-corrected chi connectivity index (χ0v) is 8.19. The molecule has 3 nitrogen and oxygen atoms in total. The third-order valence-corrected chi connectivity index (χ3v) is 2.04. The Balaban J connectivity index is 0. The van der Waals surface area contributed by atoms with Crippen molar-refractivity contribution >= 4 is 30.6 Å². The molecule has 0 rings (SSSR count). The summed E-state index contributed by atoms with van der Waals surface area (Å²) < 4.78 is 0. The first kappa shape index (κ1) is 14.4. The third-order valence-electron chi connectivity index (χ3n) is 1.37. The van der Waals surface area contributed by atoms with E-state index in [1.165, 1.54) is 0 Å². The van der Waals surface area contributed by atoms with Crippen molar-refractivity contribution in [2.75, 3.05) is 25.7 Å². The maximum absolute atomic E-state index is 9.27. The second-order valence-corrected chi connectivity index (χ2v) is 3.01. The number of hydrogen-bond donors (Lipinski definition) is 3. The van der Waals surface area contributed by atoms with Crippen molar-refractivity contribution in [1.82, 2.24) is 5.32 Å². The summed E-state index contributed by atoms with van der Waals surface area (Å²) >= 11 is 1.57. The Kier molecular flexibility index (Phi) is 11.6. The standard InChI is InChI=1S/C6H15NO2S.Li/c1-7-5(3-8)6(9)4-10-2;/h5-9H,3-4H2,1-2H3;/t5-,6-;/m1./s1. The van der Waals surface area contributed by atoms with Gasteiger partial charge in [0.25, 0.3) is 0 Å². The van der Waals surface area contributed by atoms with Crippen molar-refractivity contribution in [2.24, 2.45) is 0 Å². The molecule has 0 aliphatic rings. The second kappa shape index (κ2) is 8.92. The van der Waals surface area contributed by atoms with Crippen LogP contribution < -0.4 is 5.32 Å². The van der Waals surface area contributed by atoms with Gasteiger partial charge in [0.1, 0.15) is 0 Å². The average molecular weight is 172 g/mol. The summed E-state index contributed by atoms with van der Waals surface area (Å²) in [6.07, 6.45) is 1.47. The summed E-state index contributed by atoms with van der Waals surface area (Å²) in [5.41, 5.74) is 0. The SMILES string of the molecule is CN[C@H](CO)[C@H](O)CSC.[Li]. The molecule has 5 heteroatoms. The van der Waals surface area contributed by atoms with Crippen LogP contribution in [0.25, 0.3) is 0 Å². The number of rotatable bonds is 5. The molecule has 0 aromatic rings. The smallest absolute Gasteiger partial charge is 0.0805 e. The molecule has 0 fully saturated rings. The van der Waals surface area contributed by atoms with Crippen LogP contribution in [-0.4, -0.2) is 66.9 Å². The van der Waals surface area contributed by atoms with Crippen LogP contribution in [0, 0.1) is 0 Å². The van der Waals surface area contributed by atoms with Gasteiger partial charge in [0, 0.05) is 24.6 Å². The fourth-order valence-corrected chi connectivity index (χ4v) is 1.27. The zero-order valence-electron chi connectivity index (χ0n) is 7.37. The van der Waals surface area contributed by atoms with Crippen LogP contribution in [0.3, 0.4) is 0 Å². The molecule has 0 bridgehead atoms. The molecule has 2 atom stereocenters. The van der Waals surface area contributed by atoms with E-state index in [1.807, 2.05) is 6.26 Å². The van der Waals surface area contributed by atoms with Gasteiger partial charge in [-0.1, -0.05) is 0 Å².